The molecule has 2 amide bonds. The zero-order valence-electron chi connectivity index (χ0n) is 15.1. The number of benzene rings is 2. The summed E-state index contributed by atoms with van der Waals surface area (Å²) >= 11 is 0. The van der Waals surface area contributed by atoms with Gasteiger partial charge in [0.15, 0.2) is 0 Å². The smallest absolute Gasteiger partial charge is 0.317 e. The van der Waals surface area contributed by atoms with E-state index in [1.165, 1.54) is 11.6 Å². The fraction of sp³-hybridized carbons (Fsp3) is 0.286. The maximum atomic E-state index is 13.6. The zero-order valence-corrected chi connectivity index (χ0v) is 15.1. The van der Waals surface area contributed by atoms with Crippen LogP contribution in [0.25, 0.3) is 5.57 Å². The molecule has 2 aromatic carbocycles. The van der Waals surface area contributed by atoms with Gasteiger partial charge in [-0.2, -0.15) is 0 Å². The first-order chi connectivity index (χ1) is 12.6. The third-order valence-electron chi connectivity index (χ3n) is 4.64. The van der Waals surface area contributed by atoms with Crippen molar-refractivity contribution in [1.29, 1.82) is 0 Å². The van der Waals surface area contributed by atoms with E-state index >= 15 is 0 Å². The minimum Gasteiger partial charge on any atom is -0.497 e. The van der Waals surface area contributed by atoms with Gasteiger partial charge in [0, 0.05) is 19.6 Å². The summed E-state index contributed by atoms with van der Waals surface area (Å²) in [5.74, 6) is 0.584. The lowest BCUT2D eigenvalue weighted by atomic mass is 9.99. The van der Waals surface area contributed by atoms with Gasteiger partial charge in [-0.15, -0.1) is 0 Å². The summed E-state index contributed by atoms with van der Waals surface area (Å²) in [4.78, 5) is 14.1. The van der Waals surface area contributed by atoms with Gasteiger partial charge in [0.2, 0.25) is 0 Å². The van der Waals surface area contributed by atoms with E-state index in [9.17, 15) is 9.18 Å². The van der Waals surface area contributed by atoms with Crippen molar-refractivity contribution in [2.45, 2.75) is 19.9 Å². The predicted molar refractivity (Wildman–Crippen MR) is 101 cm³/mol. The quantitative estimate of drug-likeness (QED) is 0.896. The second kappa shape index (κ2) is 8.04. The molecule has 1 aliphatic rings. The van der Waals surface area contributed by atoms with E-state index in [-0.39, 0.29) is 11.8 Å². The molecule has 1 N–H and O–H groups in total. The first kappa shape index (κ1) is 18.0. The van der Waals surface area contributed by atoms with Crippen LogP contribution >= 0.6 is 0 Å². The van der Waals surface area contributed by atoms with Gasteiger partial charge in [-0.3, -0.25) is 0 Å². The Morgan fingerprint density at radius 1 is 1.23 bits per heavy atom. The summed E-state index contributed by atoms with van der Waals surface area (Å²) < 4.78 is 18.7. The highest BCUT2D eigenvalue weighted by Crippen LogP contribution is 2.24. The Kier molecular flexibility index (Phi) is 5.56. The van der Waals surface area contributed by atoms with E-state index in [4.69, 9.17) is 4.74 Å². The van der Waals surface area contributed by atoms with E-state index in [1.807, 2.05) is 30.3 Å². The number of carbonyl (C=O) groups excluding carboxylic acids is 1. The maximum absolute atomic E-state index is 13.6. The molecule has 0 atom stereocenters. The highest BCUT2D eigenvalue weighted by Gasteiger charge is 2.17. The number of halogens is 1. The zero-order chi connectivity index (χ0) is 18.5. The van der Waals surface area contributed by atoms with Crippen molar-refractivity contribution < 1.29 is 13.9 Å². The molecule has 26 heavy (non-hydrogen) atoms. The molecule has 0 unspecified atom stereocenters. The number of hydrogen-bond acceptors (Lipinski definition) is 2. The van der Waals surface area contributed by atoms with Crippen molar-refractivity contribution >= 4 is 11.6 Å². The normalized spacial score (nSPS) is 14.0. The number of carbonyl (C=O) groups is 1. The van der Waals surface area contributed by atoms with Crippen LogP contribution in [0.5, 0.6) is 5.75 Å². The van der Waals surface area contributed by atoms with E-state index < -0.39 is 0 Å². The SMILES string of the molecule is COc1ccc(C2=CCN(C(=O)NCc3ccc(C)c(F)c3)CC2)cc1. The summed E-state index contributed by atoms with van der Waals surface area (Å²) in [5.41, 5.74) is 3.75. The number of aryl methyl sites for hydroxylation is 1. The molecule has 136 valence electrons. The van der Waals surface area contributed by atoms with Gasteiger partial charge in [0.1, 0.15) is 11.6 Å². The second-order valence-electron chi connectivity index (χ2n) is 6.40. The molecule has 0 saturated heterocycles. The molecule has 0 radical (unpaired) electrons. The number of rotatable bonds is 4. The number of urea groups is 1. The molecule has 1 aliphatic heterocycles. The number of methoxy groups -OCH3 is 1. The largest absolute Gasteiger partial charge is 0.497 e. The number of nitrogens with zero attached hydrogens (tertiary/aromatic N) is 1. The maximum Gasteiger partial charge on any atom is 0.317 e. The van der Waals surface area contributed by atoms with Crippen LogP contribution in [0.3, 0.4) is 0 Å². The van der Waals surface area contributed by atoms with Crippen LogP contribution in [0.1, 0.15) is 23.1 Å². The molecule has 2 aromatic rings. The molecule has 0 saturated carbocycles. The van der Waals surface area contributed by atoms with Crippen molar-refractivity contribution in [3.05, 3.63) is 71.0 Å². The predicted octanol–water partition coefficient (Wildman–Crippen LogP) is 4.14. The fourth-order valence-corrected chi connectivity index (χ4v) is 2.96. The third kappa shape index (κ3) is 4.23. The Morgan fingerprint density at radius 3 is 2.62 bits per heavy atom. The van der Waals surface area contributed by atoms with Crippen LogP contribution in [0.15, 0.2) is 48.5 Å². The second-order valence-corrected chi connectivity index (χ2v) is 6.40. The van der Waals surface area contributed by atoms with Crippen molar-refractivity contribution in [3.8, 4) is 5.75 Å². The minimum absolute atomic E-state index is 0.129. The number of nitrogens with one attached hydrogen (secondary N) is 1. The molecule has 5 heteroatoms. The Balaban J connectivity index is 1.55. The first-order valence-electron chi connectivity index (χ1n) is 8.68. The summed E-state index contributed by atoms with van der Waals surface area (Å²) in [6.07, 6.45) is 2.88. The van der Waals surface area contributed by atoms with Crippen LogP contribution in [-0.4, -0.2) is 31.1 Å². The van der Waals surface area contributed by atoms with E-state index in [2.05, 4.69) is 11.4 Å². The molecule has 0 fully saturated rings. The topological polar surface area (TPSA) is 41.6 Å². The van der Waals surface area contributed by atoms with Crippen LogP contribution in [0.2, 0.25) is 0 Å². The van der Waals surface area contributed by atoms with Crippen LogP contribution in [-0.2, 0) is 6.54 Å². The van der Waals surface area contributed by atoms with Crippen LogP contribution < -0.4 is 10.1 Å². The number of amides is 2. The minimum atomic E-state index is -0.248. The summed E-state index contributed by atoms with van der Waals surface area (Å²) in [5, 5.41) is 2.86. The molecule has 1 heterocycles. The molecule has 4 nitrogen and oxygen atoms in total. The lowest BCUT2D eigenvalue weighted by molar-refractivity contribution is 0.202. The van der Waals surface area contributed by atoms with Gasteiger partial charge in [-0.25, -0.2) is 9.18 Å². The van der Waals surface area contributed by atoms with Crippen molar-refractivity contribution in [3.63, 3.8) is 0 Å². The van der Waals surface area contributed by atoms with E-state index in [0.29, 0.717) is 25.2 Å². The van der Waals surface area contributed by atoms with Crippen LogP contribution in [0, 0.1) is 12.7 Å². The van der Waals surface area contributed by atoms with Gasteiger partial charge in [-0.05, 0) is 53.8 Å². The Labute approximate surface area is 153 Å². The lowest BCUT2D eigenvalue weighted by Crippen LogP contribution is -2.41. The molecule has 0 bridgehead atoms. The van der Waals surface area contributed by atoms with Gasteiger partial charge >= 0.3 is 6.03 Å². The summed E-state index contributed by atoms with van der Waals surface area (Å²) in [6, 6.07) is 12.8. The molecule has 0 aliphatic carbocycles. The molecule has 3 rings (SSSR count). The monoisotopic (exact) mass is 354 g/mol. The fourth-order valence-electron chi connectivity index (χ4n) is 2.96. The Morgan fingerprint density at radius 2 is 2.00 bits per heavy atom. The average Bonchev–Trinajstić information content (AvgIpc) is 2.69. The van der Waals surface area contributed by atoms with Crippen molar-refractivity contribution in [2.24, 2.45) is 0 Å². The van der Waals surface area contributed by atoms with Crippen LogP contribution in [0.4, 0.5) is 9.18 Å². The highest BCUT2D eigenvalue weighted by atomic mass is 19.1. The van der Waals surface area contributed by atoms with Gasteiger partial charge in [0.25, 0.3) is 0 Å². The average molecular weight is 354 g/mol. The van der Waals surface area contributed by atoms with E-state index in [1.54, 1.807) is 25.0 Å². The van der Waals surface area contributed by atoms with Crippen molar-refractivity contribution in [2.75, 3.05) is 20.2 Å². The summed E-state index contributed by atoms with van der Waals surface area (Å²) in [6.45, 7) is 3.27. The lowest BCUT2D eigenvalue weighted by Gasteiger charge is -2.27. The first-order valence-corrected chi connectivity index (χ1v) is 8.68. The highest BCUT2D eigenvalue weighted by molar-refractivity contribution is 5.76. The van der Waals surface area contributed by atoms with E-state index in [0.717, 1.165) is 23.3 Å². The standard InChI is InChI=1S/C21H23FN2O2/c1-15-3-4-16(13-20(15)22)14-23-21(25)24-11-9-18(10-12-24)17-5-7-19(26-2)8-6-17/h3-9,13H,10-12,14H2,1-2H3,(H,23,25). The van der Waals surface area contributed by atoms with Crippen molar-refractivity contribution in [1.82, 2.24) is 10.2 Å². The Hall–Kier alpha value is -2.82. The molecular formula is C21H23FN2O2. The number of hydrogen-bond donors (Lipinski definition) is 1. The summed E-state index contributed by atoms with van der Waals surface area (Å²) in [7, 11) is 1.65. The van der Waals surface area contributed by atoms with Gasteiger partial charge < -0.3 is 15.0 Å². The Bertz CT molecular complexity index is 815. The molecular weight excluding hydrogens is 331 g/mol. The van der Waals surface area contributed by atoms with Gasteiger partial charge in [-0.1, -0.05) is 30.3 Å². The van der Waals surface area contributed by atoms with Gasteiger partial charge in [0.05, 0.1) is 7.11 Å². The number of ether oxygens (including phenoxy) is 1. The third-order valence-corrected chi connectivity index (χ3v) is 4.64. The molecule has 0 aromatic heterocycles. The molecule has 0 spiro atoms.